The van der Waals surface area contributed by atoms with Crippen molar-refractivity contribution in [1.82, 2.24) is 0 Å². The molecule has 0 radical (unpaired) electrons. The van der Waals surface area contributed by atoms with Crippen LogP contribution in [0.4, 0.5) is 0 Å². The summed E-state index contributed by atoms with van der Waals surface area (Å²) in [4.78, 5) is -0.609. The highest BCUT2D eigenvalue weighted by atomic mass is 32.2. The molecule has 7 rings (SSSR count). The van der Waals surface area contributed by atoms with Gasteiger partial charge in [0.15, 0.2) is 9.84 Å². The predicted molar refractivity (Wildman–Crippen MR) is 285 cm³/mol. The van der Waals surface area contributed by atoms with Crippen LogP contribution in [0, 0.1) is 23.7 Å². The lowest BCUT2D eigenvalue weighted by atomic mass is 9.83. The van der Waals surface area contributed by atoms with Crippen LogP contribution in [0.15, 0.2) is 126 Å². The number of methoxy groups -OCH3 is 1. The van der Waals surface area contributed by atoms with E-state index in [4.69, 9.17) is 28.1 Å². The molecular weight excluding hydrogens is 929 g/mol. The average molecular weight is 1010 g/mol. The monoisotopic (exact) mass is 1010 g/mol. The summed E-state index contributed by atoms with van der Waals surface area (Å²) in [6.07, 6.45) is 0.288. The third-order valence-electron chi connectivity index (χ3n) is 15.8. The van der Waals surface area contributed by atoms with Gasteiger partial charge in [-0.15, -0.1) is 0 Å². The van der Waals surface area contributed by atoms with Crippen molar-refractivity contribution in [2.75, 3.05) is 20.3 Å². The molecule has 9 nitrogen and oxygen atoms in total. The largest absolute Gasteiger partial charge is 0.405 e. The van der Waals surface area contributed by atoms with E-state index >= 15 is 8.42 Å². The minimum absolute atomic E-state index is 0.0182. The van der Waals surface area contributed by atoms with E-state index in [1.165, 1.54) is 10.4 Å². The molecule has 4 aromatic rings. The summed E-state index contributed by atoms with van der Waals surface area (Å²) >= 11 is 0. The fourth-order valence-electron chi connectivity index (χ4n) is 11.8. The Morgan fingerprint density at radius 2 is 1.30 bits per heavy atom. The Morgan fingerprint density at radius 1 is 0.743 bits per heavy atom. The first-order valence-electron chi connectivity index (χ1n) is 26.0. The molecule has 12 heteroatoms. The molecule has 0 amide bonds. The molecule has 1 N–H and O–H groups in total. The summed E-state index contributed by atoms with van der Waals surface area (Å²) < 4.78 is 72.0. The first kappa shape index (κ1) is 54.3. The summed E-state index contributed by atoms with van der Waals surface area (Å²) in [6.45, 7) is 16.8. The normalized spacial score (nSPS) is 25.1. The van der Waals surface area contributed by atoms with E-state index in [2.05, 4.69) is 121 Å². The highest BCUT2D eigenvalue weighted by Gasteiger charge is 2.55. The number of benzene rings is 4. The molecule has 0 aliphatic carbocycles. The molecule has 11 atom stereocenters. The van der Waals surface area contributed by atoms with Crippen LogP contribution in [0.25, 0.3) is 0 Å². The van der Waals surface area contributed by atoms with Gasteiger partial charge in [-0.3, -0.25) is 0 Å². The molecule has 3 saturated heterocycles. The first-order valence-corrected chi connectivity index (χ1v) is 32.2. The summed E-state index contributed by atoms with van der Waals surface area (Å²) in [5.41, 5.74) is 1.04. The first-order chi connectivity index (χ1) is 33.7. The van der Waals surface area contributed by atoms with Crippen molar-refractivity contribution in [3.8, 4) is 11.8 Å². The minimum Gasteiger partial charge on any atom is -0.405 e. The lowest BCUT2D eigenvalue weighted by Gasteiger charge is -2.49. The van der Waals surface area contributed by atoms with Gasteiger partial charge in [-0.05, 0) is 64.7 Å². The maximum atomic E-state index is 15.6. The maximum absolute atomic E-state index is 15.6. The van der Waals surface area contributed by atoms with Crippen molar-refractivity contribution in [3.63, 3.8) is 0 Å². The Morgan fingerprint density at radius 3 is 1.87 bits per heavy atom. The number of aliphatic hydroxyl groups is 1. The number of ether oxygens (including phenoxy) is 5. The SMILES string of the molecule is CC[Si](CC)(CC)C([C@@H](C#CC(C[C@@H](CO[Si](c1ccccc1)(c1ccccc1)C(C)(C)C)OCc1ccccc1)OC)[C@H]1O[C@H]2C[C@@H](C)C[C@H]3OCCC[C@@H]3O[C@@H]2C[C@@H]1O)S(=O)(=O)c1ccccc1. The number of sulfone groups is 1. The topological polar surface area (TPSA) is 110 Å². The van der Waals surface area contributed by atoms with E-state index in [1.54, 1.807) is 31.4 Å². The van der Waals surface area contributed by atoms with E-state index in [0.717, 1.165) is 49.6 Å². The average Bonchev–Trinajstić information content (AvgIpc) is 3.37. The van der Waals surface area contributed by atoms with Crippen LogP contribution in [0.5, 0.6) is 0 Å². The Labute approximate surface area is 422 Å². The lowest BCUT2D eigenvalue weighted by molar-refractivity contribution is -0.236. The van der Waals surface area contributed by atoms with Gasteiger partial charge in [-0.2, -0.15) is 0 Å². The molecule has 70 heavy (non-hydrogen) atoms. The molecule has 3 heterocycles. The van der Waals surface area contributed by atoms with Gasteiger partial charge in [0.2, 0.25) is 0 Å². The molecule has 3 aliphatic heterocycles. The molecule has 0 bridgehead atoms. The zero-order valence-corrected chi connectivity index (χ0v) is 45.8. The Hall–Kier alpha value is -3.46. The van der Waals surface area contributed by atoms with Gasteiger partial charge in [0.1, 0.15) is 6.10 Å². The lowest BCUT2D eigenvalue weighted by Crippen LogP contribution is -2.67. The molecule has 0 saturated carbocycles. The van der Waals surface area contributed by atoms with Gasteiger partial charge in [-0.25, -0.2) is 8.42 Å². The fourth-order valence-corrected chi connectivity index (χ4v) is 26.1. The standard InChI is InChI=1S/C58H80O9SSi2/c1-9-69(10-2,11-3)57(68(60,61)47-27-18-13-19-28-47)50(56-51(59)40-55-54(67-56)38-43(4)37-53-52(66-55)33-24-36-63-53)35-34-45(62-8)39-46(64-41-44-25-16-12-17-26-44)42-65-70(58(5,6)7,48-29-20-14-21-30-48)49-31-22-15-23-32-49/h12-23,25-32,43,45-46,50-57,59H,9-11,24,33,36-42H2,1-8H3/t43-,45?,46-,50-,51-,52-,53+,54-,55+,56+,57?/m0/s1. The summed E-state index contributed by atoms with van der Waals surface area (Å²) in [5, 5.41) is 14.6. The molecule has 2 unspecified atom stereocenters. The van der Waals surface area contributed by atoms with Gasteiger partial charge in [0, 0.05) is 26.6 Å². The third kappa shape index (κ3) is 12.3. The van der Waals surface area contributed by atoms with Crippen LogP contribution >= 0.6 is 0 Å². The van der Waals surface area contributed by atoms with Crippen molar-refractivity contribution in [2.45, 2.75) is 175 Å². The zero-order valence-electron chi connectivity index (χ0n) is 43.0. The Balaban J connectivity index is 1.30. The number of fused-ring (bicyclic) bond motifs is 2. The van der Waals surface area contributed by atoms with Gasteiger partial charge in [0.25, 0.3) is 8.32 Å². The smallest absolute Gasteiger partial charge is 0.261 e. The quantitative estimate of drug-likeness (QED) is 0.0726. The summed E-state index contributed by atoms with van der Waals surface area (Å²) in [5.74, 6) is 6.54. The van der Waals surface area contributed by atoms with Gasteiger partial charge >= 0.3 is 0 Å². The number of rotatable bonds is 19. The van der Waals surface area contributed by atoms with Crippen LogP contribution in [-0.2, 0) is 44.6 Å². The van der Waals surface area contributed by atoms with Crippen molar-refractivity contribution in [2.24, 2.45) is 11.8 Å². The third-order valence-corrected chi connectivity index (χ3v) is 30.9. The number of hydrogen-bond acceptors (Lipinski definition) is 9. The number of aliphatic hydroxyl groups excluding tert-OH is 1. The second kappa shape index (κ2) is 24.5. The highest BCUT2D eigenvalue weighted by Crippen LogP contribution is 2.43. The molecule has 0 aromatic heterocycles. The van der Waals surface area contributed by atoms with E-state index < -0.39 is 61.4 Å². The van der Waals surface area contributed by atoms with Gasteiger partial charge < -0.3 is 33.2 Å². The molecule has 380 valence electrons. The van der Waals surface area contributed by atoms with Gasteiger partial charge in [0.05, 0.1) is 79.7 Å². The Kier molecular flexibility index (Phi) is 19.0. The summed E-state index contributed by atoms with van der Waals surface area (Å²) in [7, 11) is -8.05. The second-order valence-electron chi connectivity index (χ2n) is 21.2. The molecule has 3 aliphatic rings. The van der Waals surface area contributed by atoms with Crippen molar-refractivity contribution in [1.29, 1.82) is 0 Å². The fraction of sp³-hybridized carbons (Fsp3) is 0.552. The van der Waals surface area contributed by atoms with Crippen LogP contribution in [0.2, 0.25) is 23.2 Å². The predicted octanol–water partition coefficient (Wildman–Crippen LogP) is 9.94. The second-order valence-corrected chi connectivity index (χ2v) is 33.4. The van der Waals surface area contributed by atoms with Gasteiger partial charge in [-0.1, -0.05) is 188 Å². The van der Waals surface area contributed by atoms with Crippen LogP contribution in [0.1, 0.15) is 92.6 Å². The molecular formula is C58H80O9SSi2. The van der Waals surface area contributed by atoms with Crippen LogP contribution in [0.3, 0.4) is 0 Å². The molecule has 4 aromatic carbocycles. The van der Waals surface area contributed by atoms with E-state index in [9.17, 15) is 5.11 Å². The van der Waals surface area contributed by atoms with Crippen molar-refractivity contribution in [3.05, 3.63) is 127 Å². The van der Waals surface area contributed by atoms with Crippen molar-refractivity contribution < 1.29 is 41.6 Å². The zero-order chi connectivity index (χ0) is 49.9. The van der Waals surface area contributed by atoms with E-state index in [0.29, 0.717) is 25.9 Å². The van der Waals surface area contributed by atoms with Crippen LogP contribution < -0.4 is 10.4 Å². The highest BCUT2D eigenvalue weighted by molar-refractivity contribution is 7.94. The number of hydrogen-bond donors (Lipinski definition) is 1. The molecule has 3 fully saturated rings. The maximum Gasteiger partial charge on any atom is 0.261 e. The summed E-state index contributed by atoms with van der Waals surface area (Å²) in [6, 6.07) is 42.3. The molecule has 0 spiro atoms. The Bertz CT molecular complexity index is 2320. The minimum atomic E-state index is -4.01. The van der Waals surface area contributed by atoms with Crippen LogP contribution in [-0.4, -0.2) is 104 Å². The van der Waals surface area contributed by atoms with Crippen molar-refractivity contribution >= 4 is 36.6 Å². The van der Waals surface area contributed by atoms with E-state index in [-0.39, 0.29) is 46.9 Å². The van der Waals surface area contributed by atoms with E-state index in [1.807, 2.05) is 36.4 Å².